The summed E-state index contributed by atoms with van der Waals surface area (Å²) in [6.45, 7) is 3.25. The van der Waals surface area contributed by atoms with Crippen molar-refractivity contribution in [2.45, 2.75) is 18.5 Å². The van der Waals surface area contributed by atoms with Crippen molar-refractivity contribution in [1.29, 1.82) is 0 Å². The van der Waals surface area contributed by atoms with Crippen molar-refractivity contribution in [1.82, 2.24) is 14.9 Å². The summed E-state index contributed by atoms with van der Waals surface area (Å²) in [7, 11) is 0. The number of nitrogens with zero attached hydrogens (tertiary/aromatic N) is 4. The first-order valence-electron chi connectivity index (χ1n) is 6.90. The van der Waals surface area contributed by atoms with Gasteiger partial charge in [0.2, 0.25) is 5.16 Å². The van der Waals surface area contributed by atoms with Gasteiger partial charge < -0.3 is 9.47 Å². The molecule has 2 aliphatic rings. The van der Waals surface area contributed by atoms with Crippen LogP contribution in [0.5, 0.6) is 11.5 Å². The maximum absolute atomic E-state index is 5.64. The van der Waals surface area contributed by atoms with E-state index in [0.717, 1.165) is 45.9 Å². The molecule has 0 saturated carbocycles. The van der Waals surface area contributed by atoms with Crippen LogP contribution >= 0.6 is 11.8 Å². The number of rotatable bonds is 2. The zero-order valence-electron chi connectivity index (χ0n) is 11.6. The largest absolute Gasteiger partial charge is 0.486 e. The summed E-state index contributed by atoms with van der Waals surface area (Å²) in [6.07, 6.45) is 0.811. The van der Waals surface area contributed by atoms with Gasteiger partial charge in [-0.25, -0.2) is 0 Å². The van der Waals surface area contributed by atoms with E-state index in [1.165, 1.54) is 0 Å². The number of aromatic nitrogens is 3. The molecule has 4 rings (SSSR count). The average Bonchev–Trinajstić information content (AvgIpc) is 2.96. The van der Waals surface area contributed by atoms with Crippen LogP contribution in [0, 0.1) is 0 Å². The van der Waals surface area contributed by atoms with Crippen LogP contribution in [0.3, 0.4) is 0 Å². The fourth-order valence-electron chi connectivity index (χ4n) is 2.35. The van der Waals surface area contributed by atoms with Gasteiger partial charge in [-0.15, -0.1) is 10.2 Å². The molecular formula is C14H14N4O2S. The summed E-state index contributed by atoms with van der Waals surface area (Å²) in [4.78, 5) is 0. The molecule has 0 saturated heterocycles. The molecule has 1 aromatic heterocycles. The second-order valence-electron chi connectivity index (χ2n) is 4.76. The Bertz CT molecular complexity index is 726. The van der Waals surface area contributed by atoms with E-state index in [1.807, 2.05) is 22.9 Å². The summed E-state index contributed by atoms with van der Waals surface area (Å²) >= 11 is 1.65. The van der Waals surface area contributed by atoms with Crippen LogP contribution < -0.4 is 9.47 Å². The SMILES string of the molecule is CCc1nnc2n1N=C(c1ccc3c(c1)OCCO3)CS2. The first-order chi connectivity index (χ1) is 10.3. The average molecular weight is 302 g/mol. The summed E-state index contributed by atoms with van der Waals surface area (Å²) < 4.78 is 13.0. The fraction of sp³-hybridized carbons (Fsp3) is 0.357. The second kappa shape index (κ2) is 5.07. The lowest BCUT2D eigenvalue weighted by atomic mass is 10.1. The molecule has 7 heteroatoms. The lowest BCUT2D eigenvalue weighted by Crippen LogP contribution is -2.17. The normalized spacial score (nSPS) is 16.3. The predicted molar refractivity (Wildman–Crippen MR) is 79.5 cm³/mol. The molecule has 21 heavy (non-hydrogen) atoms. The molecule has 0 radical (unpaired) electrons. The van der Waals surface area contributed by atoms with E-state index in [2.05, 4.69) is 22.2 Å². The van der Waals surface area contributed by atoms with Crippen LogP contribution in [-0.2, 0) is 6.42 Å². The summed E-state index contributed by atoms with van der Waals surface area (Å²) in [5.41, 5.74) is 2.05. The number of ether oxygens (including phenoxy) is 2. The van der Waals surface area contributed by atoms with Gasteiger partial charge in [-0.05, 0) is 18.2 Å². The molecule has 3 heterocycles. The second-order valence-corrected chi connectivity index (χ2v) is 5.70. The molecule has 2 aromatic rings. The first-order valence-corrected chi connectivity index (χ1v) is 7.88. The van der Waals surface area contributed by atoms with Crippen molar-refractivity contribution in [3.05, 3.63) is 29.6 Å². The highest BCUT2D eigenvalue weighted by atomic mass is 32.2. The molecule has 0 aliphatic carbocycles. The quantitative estimate of drug-likeness (QED) is 0.849. The number of aryl methyl sites for hydroxylation is 1. The van der Waals surface area contributed by atoms with Crippen LogP contribution in [0.25, 0.3) is 0 Å². The lowest BCUT2D eigenvalue weighted by molar-refractivity contribution is 0.171. The van der Waals surface area contributed by atoms with E-state index in [0.29, 0.717) is 13.2 Å². The third kappa shape index (κ3) is 2.17. The highest BCUT2D eigenvalue weighted by Crippen LogP contribution is 2.32. The number of fused-ring (bicyclic) bond motifs is 2. The Balaban J connectivity index is 1.74. The van der Waals surface area contributed by atoms with Crippen LogP contribution in [0.15, 0.2) is 28.5 Å². The van der Waals surface area contributed by atoms with Crippen molar-refractivity contribution in [3.8, 4) is 11.5 Å². The zero-order chi connectivity index (χ0) is 14.2. The summed E-state index contributed by atoms with van der Waals surface area (Å²) in [5, 5.41) is 13.8. The van der Waals surface area contributed by atoms with Crippen LogP contribution in [0.1, 0.15) is 18.3 Å². The lowest BCUT2D eigenvalue weighted by Gasteiger charge is -2.20. The highest BCUT2D eigenvalue weighted by Gasteiger charge is 2.20. The van der Waals surface area contributed by atoms with E-state index in [9.17, 15) is 0 Å². The van der Waals surface area contributed by atoms with E-state index in [4.69, 9.17) is 9.47 Å². The van der Waals surface area contributed by atoms with Gasteiger partial charge in [-0.1, -0.05) is 18.7 Å². The van der Waals surface area contributed by atoms with Gasteiger partial charge in [-0.2, -0.15) is 9.78 Å². The van der Waals surface area contributed by atoms with Crippen molar-refractivity contribution in [2.24, 2.45) is 5.10 Å². The fourth-order valence-corrected chi connectivity index (χ4v) is 3.21. The Morgan fingerprint density at radius 1 is 1.19 bits per heavy atom. The monoisotopic (exact) mass is 302 g/mol. The van der Waals surface area contributed by atoms with Crippen LogP contribution in [0.4, 0.5) is 0 Å². The minimum atomic E-state index is 0.591. The highest BCUT2D eigenvalue weighted by molar-refractivity contribution is 7.99. The standard InChI is InChI=1S/C14H14N4O2S/c1-2-13-15-16-14-18(13)17-10(8-21-14)9-3-4-11-12(7-9)20-6-5-19-11/h3-4,7H,2,5-6,8H2,1H3. The Hall–Kier alpha value is -2.02. The molecule has 0 atom stereocenters. The van der Waals surface area contributed by atoms with Gasteiger partial charge in [0.05, 0.1) is 5.71 Å². The van der Waals surface area contributed by atoms with Crippen LogP contribution in [0.2, 0.25) is 0 Å². The molecule has 2 aliphatic heterocycles. The number of thioether (sulfide) groups is 1. The summed E-state index contributed by atoms with van der Waals surface area (Å²) in [5.74, 6) is 3.25. The van der Waals surface area contributed by atoms with Crippen molar-refractivity contribution < 1.29 is 9.47 Å². The third-order valence-corrected chi connectivity index (χ3v) is 4.36. The van der Waals surface area contributed by atoms with Gasteiger partial charge in [0.15, 0.2) is 17.3 Å². The van der Waals surface area contributed by atoms with E-state index in [-0.39, 0.29) is 0 Å². The zero-order valence-corrected chi connectivity index (χ0v) is 12.4. The molecule has 0 amide bonds. The van der Waals surface area contributed by atoms with E-state index >= 15 is 0 Å². The number of benzene rings is 1. The first kappa shape index (κ1) is 12.7. The third-order valence-electron chi connectivity index (χ3n) is 3.43. The van der Waals surface area contributed by atoms with Gasteiger partial charge in [0.25, 0.3) is 0 Å². The Morgan fingerprint density at radius 2 is 2.05 bits per heavy atom. The summed E-state index contributed by atoms with van der Waals surface area (Å²) in [6, 6.07) is 5.96. The molecule has 6 nitrogen and oxygen atoms in total. The topological polar surface area (TPSA) is 61.5 Å². The van der Waals surface area contributed by atoms with Gasteiger partial charge >= 0.3 is 0 Å². The Morgan fingerprint density at radius 3 is 2.90 bits per heavy atom. The van der Waals surface area contributed by atoms with Gasteiger partial charge in [0.1, 0.15) is 13.2 Å². The molecule has 0 unspecified atom stereocenters. The number of hydrogen-bond acceptors (Lipinski definition) is 6. The molecule has 0 bridgehead atoms. The van der Waals surface area contributed by atoms with E-state index < -0.39 is 0 Å². The maximum atomic E-state index is 5.64. The molecule has 1 aromatic carbocycles. The molecular weight excluding hydrogens is 288 g/mol. The van der Waals surface area contributed by atoms with Crippen molar-refractivity contribution in [3.63, 3.8) is 0 Å². The van der Waals surface area contributed by atoms with E-state index in [1.54, 1.807) is 11.8 Å². The van der Waals surface area contributed by atoms with Gasteiger partial charge in [-0.3, -0.25) is 0 Å². The minimum Gasteiger partial charge on any atom is -0.486 e. The predicted octanol–water partition coefficient (Wildman–Crippen LogP) is 1.97. The molecule has 0 fully saturated rings. The molecule has 0 N–H and O–H groups in total. The molecule has 108 valence electrons. The van der Waals surface area contributed by atoms with Crippen LogP contribution in [-0.4, -0.2) is 39.6 Å². The Labute approximate surface area is 126 Å². The minimum absolute atomic E-state index is 0.591. The maximum Gasteiger partial charge on any atom is 0.212 e. The molecule has 0 spiro atoms. The van der Waals surface area contributed by atoms with Gasteiger partial charge in [0, 0.05) is 17.7 Å². The smallest absolute Gasteiger partial charge is 0.212 e. The number of hydrogen-bond donors (Lipinski definition) is 0. The Kier molecular flexibility index (Phi) is 3.07. The van der Waals surface area contributed by atoms with Crippen molar-refractivity contribution in [2.75, 3.05) is 19.0 Å². The van der Waals surface area contributed by atoms with Crippen molar-refractivity contribution >= 4 is 17.5 Å².